The Hall–Kier alpha value is -3.26. The fourth-order valence-electron chi connectivity index (χ4n) is 2.67. The number of nitrogens with one attached hydrogen (secondary N) is 2. The molecule has 0 aliphatic rings. The second kappa shape index (κ2) is 12.4. The van der Waals surface area contributed by atoms with Gasteiger partial charge in [0.25, 0.3) is 11.8 Å². The highest BCUT2D eigenvalue weighted by Gasteiger charge is 2.13. The molecule has 2 amide bonds. The second-order valence-electron chi connectivity index (χ2n) is 7.04. The van der Waals surface area contributed by atoms with E-state index in [1.54, 1.807) is 25.3 Å². The molecule has 8 nitrogen and oxygen atoms in total. The summed E-state index contributed by atoms with van der Waals surface area (Å²) in [5.41, 5.74) is 1.37. The van der Waals surface area contributed by atoms with Gasteiger partial charge in [-0.3, -0.25) is 9.59 Å². The molecule has 31 heavy (non-hydrogen) atoms. The Morgan fingerprint density at radius 2 is 1.68 bits per heavy atom. The first-order valence-corrected chi connectivity index (χ1v) is 10.0. The fourth-order valence-corrected chi connectivity index (χ4v) is 2.67. The zero-order valence-corrected chi connectivity index (χ0v) is 18.4. The van der Waals surface area contributed by atoms with Crippen LogP contribution in [0.1, 0.15) is 29.8 Å². The van der Waals surface area contributed by atoms with E-state index in [0.717, 1.165) is 11.3 Å². The average Bonchev–Trinajstić information content (AvgIpc) is 2.76. The van der Waals surface area contributed by atoms with E-state index in [0.29, 0.717) is 36.8 Å². The van der Waals surface area contributed by atoms with Gasteiger partial charge in [-0.15, -0.1) is 0 Å². The van der Waals surface area contributed by atoms with Crippen LogP contribution in [-0.2, 0) is 16.1 Å². The smallest absolute Gasteiger partial charge is 0.258 e. The summed E-state index contributed by atoms with van der Waals surface area (Å²) in [5, 5.41) is 5.62. The summed E-state index contributed by atoms with van der Waals surface area (Å²) in [7, 11) is 3.10. The van der Waals surface area contributed by atoms with Gasteiger partial charge in [0.15, 0.2) is 18.1 Å². The number of rotatable bonds is 12. The van der Waals surface area contributed by atoms with Crippen molar-refractivity contribution in [3.8, 4) is 17.2 Å². The van der Waals surface area contributed by atoms with Crippen LogP contribution < -0.4 is 24.8 Å². The lowest BCUT2D eigenvalue weighted by Crippen LogP contribution is -2.34. The molecule has 0 heterocycles. The van der Waals surface area contributed by atoms with Gasteiger partial charge in [-0.2, -0.15) is 0 Å². The Morgan fingerprint density at radius 1 is 0.935 bits per heavy atom. The van der Waals surface area contributed by atoms with Crippen LogP contribution in [0.5, 0.6) is 17.2 Å². The predicted octanol–water partition coefficient (Wildman–Crippen LogP) is 2.55. The van der Waals surface area contributed by atoms with E-state index in [1.165, 1.54) is 7.11 Å². The summed E-state index contributed by atoms with van der Waals surface area (Å²) in [5.74, 6) is 1.04. The quantitative estimate of drug-likeness (QED) is 0.503. The molecular formula is C23H30N2O6. The molecule has 2 aromatic rings. The summed E-state index contributed by atoms with van der Waals surface area (Å²) >= 11 is 0. The van der Waals surface area contributed by atoms with Crippen molar-refractivity contribution >= 4 is 11.8 Å². The highest BCUT2D eigenvalue weighted by atomic mass is 16.5. The number of methoxy groups -OCH3 is 2. The van der Waals surface area contributed by atoms with Gasteiger partial charge in [-0.05, 0) is 49.7 Å². The largest absolute Gasteiger partial charge is 0.493 e. The van der Waals surface area contributed by atoms with Gasteiger partial charge in [0.2, 0.25) is 0 Å². The number of carbonyl (C=O) groups excluding carboxylic acids is 2. The van der Waals surface area contributed by atoms with E-state index in [2.05, 4.69) is 10.6 Å². The Balaban J connectivity index is 1.90. The van der Waals surface area contributed by atoms with Crippen molar-refractivity contribution in [2.24, 2.45) is 0 Å². The van der Waals surface area contributed by atoms with Crippen LogP contribution in [0.4, 0.5) is 0 Å². The molecule has 2 aromatic carbocycles. The molecule has 0 saturated heterocycles. The molecule has 0 unspecified atom stereocenters. The molecule has 0 saturated carbocycles. The monoisotopic (exact) mass is 430 g/mol. The number of hydrogen-bond donors (Lipinski definition) is 2. The van der Waals surface area contributed by atoms with Crippen molar-refractivity contribution in [2.75, 3.05) is 34.0 Å². The normalized spacial score (nSPS) is 10.5. The zero-order chi connectivity index (χ0) is 22.6. The molecule has 168 valence electrons. The van der Waals surface area contributed by atoms with Gasteiger partial charge in [-0.1, -0.05) is 12.1 Å². The van der Waals surface area contributed by atoms with Gasteiger partial charge in [0.1, 0.15) is 12.4 Å². The lowest BCUT2D eigenvalue weighted by atomic mass is 10.1. The first kappa shape index (κ1) is 24.0. The molecule has 8 heteroatoms. The standard InChI is InChI=1S/C23H30N2O6/c1-16(2)25-22(26)15-31-20-10-7-18(13-21(20)29-4)23(27)24-14-17-5-8-19(9-6-17)30-12-11-28-3/h5-10,13,16H,11-12,14-15H2,1-4H3,(H,24,27)(H,25,26). The Bertz CT molecular complexity index is 852. The molecule has 0 aromatic heterocycles. The van der Waals surface area contributed by atoms with Crippen LogP contribution in [0.3, 0.4) is 0 Å². The molecule has 0 aliphatic heterocycles. The van der Waals surface area contributed by atoms with E-state index >= 15 is 0 Å². The summed E-state index contributed by atoms with van der Waals surface area (Å²) in [4.78, 5) is 24.3. The summed E-state index contributed by atoms with van der Waals surface area (Å²) < 4.78 is 21.3. The summed E-state index contributed by atoms with van der Waals surface area (Å²) in [6.07, 6.45) is 0. The van der Waals surface area contributed by atoms with Gasteiger partial charge < -0.3 is 29.6 Å². The lowest BCUT2D eigenvalue weighted by molar-refractivity contribution is -0.123. The van der Waals surface area contributed by atoms with E-state index in [1.807, 2.05) is 38.1 Å². The van der Waals surface area contributed by atoms with Crippen LogP contribution in [-0.4, -0.2) is 51.9 Å². The maximum absolute atomic E-state index is 12.5. The molecule has 0 bridgehead atoms. The number of carbonyl (C=O) groups is 2. The minimum atomic E-state index is -0.247. The maximum atomic E-state index is 12.5. The highest BCUT2D eigenvalue weighted by molar-refractivity contribution is 5.94. The maximum Gasteiger partial charge on any atom is 0.258 e. The molecule has 2 rings (SSSR count). The van der Waals surface area contributed by atoms with E-state index in [9.17, 15) is 9.59 Å². The van der Waals surface area contributed by atoms with Crippen molar-refractivity contribution in [3.63, 3.8) is 0 Å². The Morgan fingerprint density at radius 3 is 2.32 bits per heavy atom. The van der Waals surface area contributed by atoms with Crippen LogP contribution in [0.15, 0.2) is 42.5 Å². The highest BCUT2D eigenvalue weighted by Crippen LogP contribution is 2.28. The number of hydrogen-bond acceptors (Lipinski definition) is 6. The number of benzene rings is 2. The summed E-state index contributed by atoms with van der Waals surface area (Å²) in [6.45, 7) is 4.99. The predicted molar refractivity (Wildman–Crippen MR) is 117 cm³/mol. The van der Waals surface area contributed by atoms with Crippen molar-refractivity contribution in [2.45, 2.75) is 26.4 Å². The fraction of sp³-hybridized carbons (Fsp3) is 0.391. The topological polar surface area (TPSA) is 95.1 Å². The SMILES string of the molecule is COCCOc1ccc(CNC(=O)c2ccc(OCC(=O)NC(C)C)c(OC)c2)cc1. The first-order valence-electron chi connectivity index (χ1n) is 10.0. The van der Waals surface area contributed by atoms with Crippen molar-refractivity contribution in [3.05, 3.63) is 53.6 Å². The molecule has 0 aliphatic carbocycles. The Kier molecular flexibility index (Phi) is 9.64. The molecule has 0 spiro atoms. The number of ether oxygens (including phenoxy) is 4. The lowest BCUT2D eigenvalue weighted by Gasteiger charge is -2.13. The van der Waals surface area contributed by atoms with Crippen molar-refractivity contribution < 1.29 is 28.5 Å². The van der Waals surface area contributed by atoms with Crippen LogP contribution in [0, 0.1) is 0 Å². The minimum Gasteiger partial charge on any atom is -0.493 e. The van der Waals surface area contributed by atoms with E-state index < -0.39 is 0 Å². The Labute approximate surface area is 182 Å². The second-order valence-corrected chi connectivity index (χ2v) is 7.04. The molecule has 0 fully saturated rings. The third kappa shape index (κ3) is 8.18. The average molecular weight is 431 g/mol. The number of amides is 2. The zero-order valence-electron chi connectivity index (χ0n) is 18.4. The van der Waals surface area contributed by atoms with Gasteiger partial charge >= 0.3 is 0 Å². The third-order valence-electron chi connectivity index (χ3n) is 4.17. The van der Waals surface area contributed by atoms with Gasteiger partial charge in [-0.25, -0.2) is 0 Å². The third-order valence-corrected chi connectivity index (χ3v) is 4.17. The molecule has 0 atom stereocenters. The van der Waals surface area contributed by atoms with Gasteiger partial charge in [0.05, 0.1) is 13.7 Å². The molecular weight excluding hydrogens is 400 g/mol. The summed E-state index contributed by atoms with van der Waals surface area (Å²) in [6, 6.07) is 12.3. The minimum absolute atomic E-state index is 0.0310. The van der Waals surface area contributed by atoms with Crippen LogP contribution in [0.25, 0.3) is 0 Å². The molecule has 0 radical (unpaired) electrons. The van der Waals surface area contributed by atoms with E-state index in [4.69, 9.17) is 18.9 Å². The first-order chi connectivity index (χ1) is 14.9. The van der Waals surface area contributed by atoms with Crippen LogP contribution in [0.2, 0.25) is 0 Å². The van der Waals surface area contributed by atoms with Crippen LogP contribution >= 0.6 is 0 Å². The molecule has 2 N–H and O–H groups in total. The van der Waals surface area contributed by atoms with E-state index in [-0.39, 0.29) is 24.5 Å². The van der Waals surface area contributed by atoms with Crippen molar-refractivity contribution in [1.82, 2.24) is 10.6 Å². The van der Waals surface area contributed by atoms with Gasteiger partial charge in [0, 0.05) is 25.3 Å². The van der Waals surface area contributed by atoms with Crippen molar-refractivity contribution in [1.29, 1.82) is 0 Å².